The van der Waals surface area contributed by atoms with Crippen LogP contribution >= 0.6 is 0 Å². The van der Waals surface area contributed by atoms with Crippen LogP contribution in [0, 0.1) is 5.92 Å². The summed E-state index contributed by atoms with van der Waals surface area (Å²) in [6.45, 7) is 0.375. The van der Waals surface area contributed by atoms with E-state index < -0.39 is 0 Å². The number of rotatable bonds is 4. The van der Waals surface area contributed by atoms with Crippen molar-refractivity contribution in [2.75, 3.05) is 20.8 Å². The van der Waals surface area contributed by atoms with Gasteiger partial charge in [-0.05, 0) is 12.2 Å². The first-order chi connectivity index (χ1) is 8.17. The van der Waals surface area contributed by atoms with Crippen LogP contribution in [-0.2, 0) is 19.1 Å². The van der Waals surface area contributed by atoms with E-state index in [2.05, 4.69) is 14.5 Å². The summed E-state index contributed by atoms with van der Waals surface area (Å²) in [5.41, 5.74) is 0.731. The van der Waals surface area contributed by atoms with Crippen LogP contribution in [0.5, 0.6) is 0 Å². The van der Waals surface area contributed by atoms with Crippen LogP contribution < -0.4 is 0 Å². The molecule has 17 heavy (non-hydrogen) atoms. The van der Waals surface area contributed by atoms with Crippen LogP contribution in [0.3, 0.4) is 0 Å². The van der Waals surface area contributed by atoms with Crippen molar-refractivity contribution in [1.82, 2.24) is 0 Å². The molecule has 0 spiro atoms. The minimum atomic E-state index is -0.348. The Morgan fingerprint density at radius 1 is 1.24 bits per heavy atom. The molecule has 1 aliphatic carbocycles. The van der Waals surface area contributed by atoms with Crippen molar-refractivity contribution in [2.24, 2.45) is 10.9 Å². The van der Waals surface area contributed by atoms with Crippen molar-refractivity contribution in [2.45, 2.75) is 6.42 Å². The molecule has 0 heterocycles. The summed E-state index contributed by atoms with van der Waals surface area (Å²) in [5, 5.41) is 0. The number of methoxy groups -OCH3 is 2. The Morgan fingerprint density at radius 3 is 2.41 bits per heavy atom. The third-order valence-electron chi connectivity index (χ3n) is 2.26. The quantitative estimate of drug-likeness (QED) is 0.681. The Labute approximate surface area is 99.8 Å². The summed E-state index contributed by atoms with van der Waals surface area (Å²) in [7, 11) is 2.70. The van der Waals surface area contributed by atoms with Gasteiger partial charge < -0.3 is 9.47 Å². The highest BCUT2D eigenvalue weighted by molar-refractivity contribution is 6.06. The molecule has 0 bridgehead atoms. The molecule has 0 aliphatic heterocycles. The van der Waals surface area contributed by atoms with Gasteiger partial charge >= 0.3 is 11.9 Å². The van der Waals surface area contributed by atoms with Crippen LogP contribution in [-0.4, -0.2) is 38.4 Å². The Hall–Kier alpha value is -1.91. The Kier molecular flexibility index (Phi) is 5.13. The first-order valence-corrected chi connectivity index (χ1v) is 5.23. The van der Waals surface area contributed by atoms with Crippen molar-refractivity contribution in [3.63, 3.8) is 0 Å². The van der Waals surface area contributed by atoms with Crippen molar-refractivity contribution >= 4 is 17.7 Å². The summed E-state index contributed by atoms with van der Waals surface area (Å²) in [6, 6.07) is 0. The molecule has 5 heteroatoms. The number of ether oxygens (including phenoxy) is 2. The molecule has 0 aromatic heterocycles. The summed E-state index contributed by atoms with van der Waals surface area (Å²) in [6.07, 6.45) is 7.14. The third-order valence-corrected chi connectivity index (χ3v) is 2.26. The van der Waals surface area contributed by atoms with E-state index in [-0.39, 0.29) is 24.3 Å². The molecule has 5 nitrogen and oxygen atoms in total. The molecule has 0 amide bonds. The molecular formula is C12H15NO4. The van der Waals surface area contributed by atoms with Crippen LogP contribution in [0.1, 0.15) is 6.42 Å². The summed E-state index contributed by atoms with van der Waals surface area (Å²) in [5.74, 6) is -0.934. The molecule has 92 valence electrons. The van der Waals surface area contributed by atoms with E-state index in [1.807, 2.05) is 0 Å². The lowest BCUT2D eigenvalue weighted by atomic mass is 10.0. The lowest BCUT2D eigenvalue weighted by molar-refractivity contribution is -0.142. The molecule has 0 aromatic rings. The van der Waals surface area contributed by atoms with Gasteiger partial charge in [-0.2, -0.15) is 0 Å². The summed E-state index contributed by atoms with van der Waals surface area (Å²) in [4.78, 5) is 26.2. The molecule has 0 N–H and O–H groups in total. The van der Waals surface area contributed by atoms with E-state index in [4.69, 9.17) is 0 Å². The van der Waals surface area contributed by atoms with Crippen molar-refractivity contribution in [3.8, 4) is 0 Å². The van der Waals surface area contributed by atoms with Crippen molar-refractivity contribution in [3.05, 3.63) is 24.3 Å². The van der Waals surface area contributed by atoms with E-state index in [1.165, 1.54) is 14.2 Å². The molecule has 0 fully saturated rings. The highest BCUT2D eigenvalue weighted by atomic mass is 16.5. The molecule has 0 unspecified atom stereocenters. The molecule has 0 aromatic carbocycles. The van der Waals surface area contributed by atoms with E-state index in [0.29, 0.717) is 6.54 Å². The molecule has 1 aliphatic rings. The normalized spacial score (nSPS) is 17.8. The number of carbonyl (C=O) groups excluding carboxylic acids is 2. The van der Waals surface area contributed by atoms with Gasteiger partial charge in [0.2, 0.25) is 0 Å². The highest BCUT2D eigenvalue weighted by Gasteiger charge is 2.14. The Bertz CT molecular complexity index is 366. The molecule has 0 atom stereocenters. The number of hydrogen-bond donors (Lipinski definition) is 0. The van der Waals surface area contributed by atoms with Gasteiger partial charge in [-0.25, -0.2) is 0 Å². The highest BCUT2D eigenvalue weighted by Crippen LogP contribution is 2.09. The molecular weight excluding hydrogens is 222 g/mol. The Balaban J connectivity index is 2.45. The fourth-order valence-electron chi connectivity index (χ4n) is 1.30. The van der Waals surface area contributed by atoms with Crippen LogP contribution in [0.4, 0.5) is 0 Å². The average molecular weight is 237 g/mol. The topological polar surface area (TPSA) is 65.0 Å². The monoisotopic (exact) mass is 237 g/mol. The number of aliphatic imine (C=N–C) groups is 1. The van der Waals surface area contributed by atoms with Gasteiger partial charge in [0.1, 0.15) is 0 Å². The average Bonchev–Trinajstić information content (AvgIpc) is 2.38. The first-order valence-electron chi connectivity index (χ1n) is 5.23. The fraction of sp³-hybridized carbons (Fsp3) is 0.417. The maximum Gasteiger partial charge on any atom is 0.316 e. The zero-order chi connectivity index (χ0) is 12.7. The number of hydrogen-bond acceptors (Lipinski definition) is 5. The van der Waals surface area contributed by atoms with Gasteiger partial charge in [-0.15, -0.1) is 0 Å². The lowest BCUT2D eigenvalue weighted by Gasteiger charge is -2.09. The largest absolute Gasteiger partial charge is 0.469 e. The zero-order valence-corrected chi connectivity index (χ0v) is 9.88. The number of esters is 2. The van der Waals surface area contributed by atoms with Gasteiger partial charge in [-0.3, -0.25) is 14.6 Å². The van der Waals surface area contributed by atoms with E-state index in [1.54, 1.807) is 24.3 Å². The van der Waals surface area contributed by atoms with E-state index >= 15 is 0 Å². The maximum absolute atomic E-state index is 11.2. The summed E-state index contributed by atoms with van der Waals surface area (Å²) < 4.78 is 9.11. The number of carbonyl (C=O) groups is 2. The van der Waals surface area contributed by atoms with Crippen LogP contribution in [0.25, 0.3) is 0 Å². The van der Waals surface area contributed by atoms with E-state index in [9.17, 15) is 9.59 Å². The standard InChI is InChI=1S/C12H15NO4/c1-16-11(14)7-8-13-10-5-3-9(4-6-10)12(15)17-2/h3-6,9H,7-8H2,1-2H3. The van der Waals surface area contributed by atoms with Gasteiger partial charge in [0.05, 0.1) is 38.8 Å². The SMILES string of the molecule is COC(=O)CCN=C1C=CC(C(=O)OC)C=C1. The van der Waals surface area contributed by atoms with Crippen LogP contribution in [0.15, 0.2) is 29.3 Å². The molecule has 1 rings (SSSR count). The van der Waals surface area contributed by atoms with Gasteiger partial charge in [-0.1, -0.05) is 12.2 Å². The number of allylic oxidation sites excluding steroid dienone is 2. The second-order valence-electron chi connectivity index (χ2n) is 3.40. The smallest absolute Gasteiger partial charge is 0.316 e. The minimum absolute atomic E-state index is 0.252. The maximum atomic E-state index is 11.2. The second kappa shape index (κ2) is 6.62. The minimum Gasteiger partial charge on any atom is -0.469 e. The zero-order valence-electron chi connectivity index (χ0n) is 9.88. The molecule has 0 saturated carbocycles. The van der Waals surface area contributed by atoms with Gasteiger partial charge in [0, 0.05) is 0 Å². The second-order valence-corrected chi connectivity index (χ2v) is 3.40. The lowest BCUT2D eigenvalue weighted by Crippen LogP contribution is -2.14. The van der Waals surface area contributed by atoms with Crippen molar-refractivity contribution < 1.29 is 19.1 Å². The first kappa shape index (κ1) is 13.2. The number of nitrogens with zero attached hydrogens (tertiary/aromatic N) is 1. The van der Waals surface area contributed by atoms with Crippen LogP contribution in [0.2, 0.25) is 0 Å². The Morgan fingerprint density at radius 2 is 1.88 bits per heavy atom. The predicted octanol–water partition coefficient (Wildman–Crippen LogP) is 0.906. The fourth-order valence-corrected chi connectivity index (χ4v) is 1.30. The molecule has 0 saturated heterocycles. The van der Waals surface area contributed by atoms with E-state index in [0.717, 1.165) is 5.71 Å². The van der Waals surface area contributed by atoms with Gasteiger partial charge in [0.25, 0.3) is 0 Å². The summed E-state index contributed by atoms with van der Waals surface area (Å²) >= 11 is 0. The van der Waals surface area contributed by atoms with Crippen molar-refractivity contribution in [1.29, 1.82) is 0 Å². The van der Waals surface area contributed by atoms with Gasteiger partial charge in [0.15, 0.2) is 0 Å². The molecule has 0 radical (unpaired) electrons. The predicted molar refractivity (Wildman–Crippen MR) is 62.7 cm³/mol. The third kappa shape index (κ3) is 4.22.